The van der Waals surface area contributed by atoms with Crippen molar-refractivity contribution in [3.63, 3.8) is 0 Å². The molecular formula is C26H31N3O3. The number of aromatic nitrogens is 1. The van der Waals surface area contributed by atoms with Gasteiger partial charge in [0.15, 0.2) is 5.58 Å². The molecule has 5 rings (SSSR count). The van der Waals surface area contributed by atoms with Crippen molar-refractivity contribution in [3.05, 3.63) is 53.9 Å². The third kappa shape index (κ3) is 3.07. The monoisotopic (exact) mass is 433 g/mol. The Hall–Kier alpha value is -3.02. The Balaban J connectivity index is 1.60. The Bertz CT molecular complexity index is 1190. The number of nitrogens with one attached hydrogen (secondary N) is 1. The molecule has 3 aromatic rings. The number of nitrogens with zero attached hydrogens (tertiary/aromatic N) is 2. The number of amides is 2. The fourth-order valence-corrected chi connectivity index (χ4v) is 5.51. The number of para-hydroxylation sites is 1. The molecule has 1 N–H and O–H groups in total. The van der Waals surface area contributed by atoms with Crippen molar-refractivity contribution in [2.75, 3.05) is 4.90 Å². The summed E-state index contributed by atoms with van der Waals surface area (Å²) in [6.45, 7) is 8.72. The smallest absolute Gasteiger partial charge is 0.276 e. The molecule has 0 bridgehead atoms. The number of carbonyl (C=O) groups excluding carboxylic acids is 2. The Kier molecular flexibility index (Phi) is 4.91. The molecule has 2 amide bonds. The Labute approximate surface area is 188 Å². The Morgan fingerprint density at radius 1 is 1.19 bits per heavy atom. The summed E-state index contributed by atoms with van der Waals surface area (Å²) in [6.07, 6.45) is 4.92. The highest BCUT2D eigenvalue weighted by atomic mass is 16.3. The first-order chi connectivity index (χ1) is 15.3. The van der Waals surface area contributed by atoms with Gasteiger partial charge in [-0.3, -0.25) is 14.5 Å². The molecule has 0 spiro atoms. The first-order valence-corrected chi connectivity index (χ1v) is 11.6. The predicted molar refractivity (Wildman–Crippen MR) is 125 cm³/mol. The molecule has 0 radical (unpaired) electrons. The molecule has 1 saturated carbocycles. The van der Waals surface area contributed by atoms with Crippen LogP contribution in [0, 0.1) is 18.8 Å². The van der Waals surface area contributed by atoms with Crippen LogP contribution in [-0.2, 0) is 11.3 Å². The van der Waals surface area contributed by atoms with E-state index in [1.807, 2.05) is 48.7 Å². The van der Waals surface area contributed by atoms with E-state index in [9.17, 15) is 9.59 Å². The lowest BCUT2D eigenvalue weighted by Gasteiger charge is -2.46. The van der Waals surface area contributed by atoms with E-state index in [2.05, 4.69) is 19.2 Å². The van der Waals surface area contributed by atoms with Crippen molar-refractivity contribution < 1.29 is 14.0 Å². The maximum absolute atomic E-state index is 13.9. The van der Waals surface area contributed by atoms with Crippen molar-refractivity contribution in [1.29, 1.82) is 0 Å². The number of hydrogen-bond acceptors (Lipinski definition) is 3. The number of hydrogen-bond donors (Lipinski definition) is 1. The van der Waals surface area contributed by atoms with E-state index in [0.717, 1.165) is 29.6 Å². The van der Waals surface area contributed by atoms with E-state index in [-0.39, 0.29) is 17.9 Å². The normalized spacial score (nSPS) is 28.1. The number of anilines is 1. The molecular weight excluding hydrogens is 402 g/mol. The fraction of sp³-hybridized carbons (Fsp3) is 0.462. The molecule has 1 aliphatic heterocycles. The summed E-state index contributed by atoms with van der Waals surface area (Å²) in [5.74, 6) is 0.699. The van der Waals surface area contributed by atoms with Crippen LogP contribution < -0.4 is 10.2 Å². The molecule has 6 nitrogen and oxygen atoms in total. The van der Waals surface area contributed by atoms with Crippen molar-refractivity contribution in [1.82, 2.24) is 9.88 Å². The van der Waals surface area contributed by atoms with E-state index in [1.165, 1.54) is 6.42 Å². The summed E-state index contributed by atoms with van der Waals surface area (Å²) in [5.41, 5.74) is 2.72. The second-order valence-corrected chi connectivity index (χ2v) is 9.83. The van der Waals surface area contributed by atoms with Gasteiger partial charge in [-0.15, -0.1) is 0 Å². The zero-order valence-corrected chi connectivity index (χ0v) is 19.2. The second-order valence-electron chi connectivity index (χ2n) is 9.83. The maximum Gasteiger partial charge on any atom is 0.276 e. The molecule has 0 unspecified atom stereocenters. The number of furan rings is 1. The second kappa shape index (κ2) is 7.54. The summed E-state index contributed by atoms with van der Waals surface area (Å²) < 4.78 is 7.50. The van der Waals surface area contributed by atoms with Crippen LogP contribution in [0.2, 0.25) is 0 Å². The summed E-state index contributed by atoms with van der Waals surface area (Å²) >= 11 is 0. The number of carbonyl (C=O) groups is 2. The minimum Gasteiger partial charge on any atom is -0.463 e. The third-order valence-corrected chi connectivity index (χ3v) is 7.77. The van der Waals surface area contributed by atoms with Gasteiger partial charge in [0.1, 0.15) is 11.2 Å². The molecule has 1 fully saturated rings. The van der Waals surface area contributed by atoms with Crippen molar-refractivity contribution in [3.8, 4) is 0 Å². The maximum atomic E-state index is 13.9. The zero-order chi connectivity index (χ0) is 22.6. The molecule has 2 aromatic heterocycles. The average molecular weight is 434 g/mol. The third-order valence-electron chi connectivity index (χ3n) is 7.77. The lowest BCUT2D eigenvalue weighted by Crippen LogP contribution is -2.66. The van der Waals surface area contributed by atoms with Crippen molar-refractivity contribution in [2.45, 2.75) is 65.1 Å². The first kappa shape index (κ1) is 20.9. The van der Waals surface area contributed by atoms with Crippen molar-refractivity contribution >= 4 is 28.6 Å². The molecule has 6 heteroatoms. The van der Waals surface area contributed by atoms with Gasteiger partial charge >= 0.3 is 0 Å². The lowest BCUT2D eigenvalue weighted by atomic mass is 9.77. The summed E-state index contributed by atoms with van der Waals surface area (Å²) in [6, 6.07) is 11.5. The lowest BCUT2D eigenvalue weighted by molar-refractivity contribution is -0.128. The molecule has 32 heavy (non-hydrogen) atoms. The topological polar surface area (TPSA) is 67.5 Å². The molecule has 0 saturated heterocycles. The number of fused-ring (bicyclic) bond motifs is 3. The van der Waals surface area contributed by atoms with Crippen LogP contribution in [0.4, 0.5) is 5.69 Å². The standard InChI is InChI=1S/C26H31N3O3/c1-16-9-7-10-19(18(16)3)27-25(31)26(4)15-28-21-12-13-32-23(21)14-22(28)24(30)29(26)20-11-6-5-8-17(20)2/h5-6,8,11-14,16,18-19H,7,9-10,15H2,1-4H3,(H,27,31)/t16-,18+,19+,26+/m0/s1. The van der Waals surface area contributed by atoms with Crippen LogP contribution in [-0.4, -0.2) is 28.0 Å². The molecule has 2 aliphatic rings. The van der Waals surface area contributed by atoms with Crippen LogP contribution in [0.15, 0.2) is 47.1 Å². The SMILES string of the molecule is Cc1ccccc1N1C(=O)c2cc3occc3n2C[C@]1(C)C(=O)N[C@@H]1CCC[C@H](C)[C@H]1C. The molecule has 1 aromatic carbocycles. The van der Waals surface area contributed by atoms with E-state index >= 15 is 0 Å². The van der Waals surface area contributed by atoms with Gasteiger partial charge in [0, 0.05) is 23.9 Å². The minimum absolute atomic E-state index is 0.101. The zero-order valence-electron chi connectivity index (χ0n) is 19.2. The fourth-order valence-electron chi connectivity index (χ4n) is 5.51. The number of rotatable bonds is 3. The number of benzene rings is 1. The van der Waals surface area contributed by atoms with E-state index in [4.69, 9.17) is 4.42 Å². The molecule has 3 heterocycles. The summed E-state index contributed by atoms with van der Waals surface area (Å²) in [7, 11) is 0. The highest BCUT2D eigenvalue weighted by Crippen LogP contribution is 2.38. The minimum atomic E-state index is -1.07. The van der Waals surface area contributed by atoms with Crippen LogP contribution in [0.5, 0.6) is 0 Å². The van der Waals surface area contributed by atoms with E-state index in [1.54, 1.807) is 17.2 Å². The van der Waals surface area contributed by atoms with Gasteiger partial charge < -0.3 is 14.3 Å². The highest BCUT2D eigenvalue weighted by molar-refractivity contribution is 6.14. The van der Waals surface area contributed by atoms with Gasteiger partial charge in [-0.2, -0.15) is 0 Å². The largest absolute Gasteiger partial charge is 0.463 e. The van der Waals surface area contributed by atoms with E-state index < -0.39 is 5.54 Å². The van der Waals surface area contributed by atoms with Gasteiger partial charge in [0.05, 0.1) is 18.3 Å². The van der Waals surface area contributed by atoms with Gasteiger partial charge in [-0.25, -0.2) is 0 Å². The summed E-state index contributed by atoms with van der Waals surface area (Å²) in [5, 5.41) is 3.34. The van der Waals surface area contributed by atoms with Gasteiger partial charge in [-0.05, 0) is 43.7 Å². The van der Waals surface area contributed by atoms with Crippen LogP contribution in [0.1, 0.15) is 56.1 Å². The highest BCUT2D eigenvalue weighted by Gasteiger charge is 2.50. The Morgan fingerprint density at radius 2 is 1.97 bits per heavy atom. The van der Waals surface area contributed by atoms with Crippen LogP contribution in [0.25, 0.3) is 11.1 Å². The summed E-state index contributed by atoms with van der Waals surface area (Å²) in [4.78, 5) is 29.5. The van der Waals surface area contributed by atoms with Crippen LogP contribution >= 0.6 is 0 Å². The van der Waals surface area contributed by atoms with Crippen molar-refractivity contribution in [2.24, 2.45) is 11.8 Å². The van der Waals surface area contributed by atoms with Crippen LogP contribution in [0.3, 0.4) is 0 Å². The molecule has 168 valence electrons. The predicted octanol–water partition coefficient (Wildman–Crippen LogP) is 4.90. The Morgan fingerprint density at radius 3 is 2.75 bits per heavy atom. The quantitative estimate of drug-likeness (QED) is 0.639. The van der Waals surface area contributed by atoms with Gasteiger partial charge in [0.25, 0.3) is 5.91 Å². The average Bonchev–Trinajstić information content (AvgIpc) is 3.35. The first-order valence-electron chi connectivity index (χ1n) is 11.6. The molecule has 1 aliphatic carbocycles. The van der Waals surface area contributed by atoms with Gasteiger partial charge in [-0.1, -0.05) is 44.9 Å². The van der Waals surface area contributed by atoms with Gasteiger partial charge in [0.2, 0.25) is 5.91 Å². The van der Waals surface area contributed by atoms with E-state index in [0.29, 0.717) is 29.7 Å². The number of aryl methyl sites for hydroxylation is 1. The molecule has 4 atom stereocenters.